The van der Waals surface area contributed by atoms with Crippen molar-refractivity contribution in [2.45, 2.75) is 19.4 Å². The molecule has 0 saturated heterocycles. The molecule has 7 heteroatoms. The summed E-state index contributed by atoms with van der Waals surface area (Å²) in [5.74, 6) is 1.22. The normalized spacial score (nSPS) is 13.6. The third kappa shape index (κ3) is 2.94. The van der Waals surface area contributed by atoms with Crippen molar-refractivity contribution in [3.8, 4) is 11.5 Å². The van der Waals surface area contributed by atoms with Crippen molar-refractivity contribution in [1.29, 1.82) is 0 Å². The minimum Gasteiger partial charge on any atom is -0.493 e. The Hall–Kier alpha value is -2.70. The van der Waals surface area contributed by atoms with Crippen LogP contribution in [0.4, 0.5) is 0 Å². The van der Waals surface area contributed by atoms with E-state index in [9.17, 15) is 9.59 Å². The van der Waals surface area contributed by atoms with Gasteiger partial charge in [-0.3, -0.25) is 14.7 Å². The number of benzene rings is 1. The van der Waals surface area contributed by atoms with Gasteiger partial charge in [-0.1, -0.05) is 6.07 Å². The SMILES string of the molecule is COc1ccc(CC(=O)N2CCc3[nH][nH]c(=O)c3C2)cc1OC. The number of H-pyrrole nitrogens is 2. The third-order valence-electron chi connectivity index (χ3n) is 4.10. The summed E-state index contributed by atoms with van der Waals surface area (Å²) in [6, 6.07) is 5.43. The molecule has 1 aromatic heterocycles. The number of nitrogens with one attached hydrogen (secondary N) is 2. The van der Waals surface area contributed by atoms with Gasteiger partial charge in [-0.2, -0.15) is 0 Å². The minimum absolute atomic E-state index is 0.0107. The first kappa shape index (κ1) is 15.2. The number of aromatic amines is 2. The van der Waals surface area contributed by atoms with Crippen molar-refractivity contribution in [2.75, 3.05) is 20.8 Å². The topological polar surface area (TPSA) is 87.4 Å². The summed E-state index contributed by atoms with van der Waals surface area (Å²) >= 11 is 0. The lowest BCUT2D eigenvalue weighted by Crippen LogP contribution is -2.38. The molecule has 0 radical (unpaired) electrons. The van der Waals surface area contributed by atoms with Gasteiger partial charge in [-0.05, 0) is 17.7 Å². The van der Waals surface area contributed by atoms with Crippen molar-refractivity contribution in [2.24, 2.45) is 0 Å². The molecule has 0 atom stereocenters. The molecule has 0 spiro atoms. The van der Waals surface area contributed by atoms with Gasteiger partial charge < -0.3 is 19.5 Å². The van der Waals surface area contributed by atoms with Gasteiger partial charge in [0.25, 0.3) is 5.56 Å². The maximum Gasteiger partial charge on any atom is 0.269 e. The molecule has 23 heavy (non-hydrogen) atoms. The number of ether oxygens (including phenoxy) is 2. The van der Waals surface area contributed by atoms with Crippen LogP contribution in [-0.2, 0) is 24.2 Å². The van der Waals surface area contributed by atoms with Crippen LogP contribution in [0, 0.1) is 0 Å². The quantitative estimate of drug-likeness (QED) is 0.875. The second kappa shape index (κ2) is 6.20. The Morgan fingerprint density at radius 1 is 1.22 bits per heavy atom. The molecule has 1 aromatic carbocycles. The predicted molar refractivity (Wildman–Crippen MR) is 83.8 cm³/mol. The van der Waals surface area contributed by atoms with E-state index in [1.165, 1.54) is 0 Å². The molecule has 0 unspecified atom stereocenters. The van der Waals surface area contributed by atoms with E-state index in [0.29, 0.717) is 36.6 Å². The highest BCUT2D eigenvalue weighted by atomic mass is 16.5. The Morgan fingerprint density at radius 2 is 2.00 bits per heavy atom. The van der Waals surface area contributed by atoms with Gasteiger partial charge in [-0.25, -0.2) is 0 Å². The van der Waals surface area contributed by atoms with Gasteiger partial charge in [-0.15, -0.1) is 0 Å². The second-order valence-electron chi connectivity index (χ2n) is 5.47. The maximum absolute atomic E-state index is 12.5. The van der Waals surface area contributed by atoms with Gasteiger partial charge in [0.1, 0.15) is 0 Å². The molecular formula is C16H19N3O4. The molecule has 2 N–H and O–H groups in total. The van der Waals surface area contributed by atoms with Crippen LogP contribution in [0.25, 0.3) is 0 Å². The van der Waals surface area contributed by atoms with Crippen molar-refractivity contribution < 1.29 is 14.3 Å². The standard InChI is InChI=1S/C16H19N3O4/c1-22-13-4-3-10(7-14(13)23-2)8-15(20)19-6-5-12-11(9-19)16(21)18-17-12/h3-4,7H,5-6,8-9H2,1-2H3,(H2,17,18,21). The van der Waals surface area contributed by atoms with Gasteiger partial charge >= 0.3 is 0 Å². The van der Waals surface area contributed by atoms with Crippen molar-refractivity contribution in [3.63, 3.8) is 0 Å². The summed E-state index contributed by atoms with van der Waals surface area (Å²) < 4.78 is 10.5. The molecule has 1 amide bonds. The van der Waals surface area contributed by atoms with Gasteiger partial charge in [0.15, 0.2) is 11.5 Å². The number of aromatic nitrogens is 2. The second-order valence-corrected chi connectivity index (χ2v) is 5.47. The van der Waals surface area contributed by atoms with E-state index >= 15 is 0 Å². The van der Waals surface area contributed by atoms with Crippen LogP contribution in [0.2, 0.25) is 0 Å². The number of fused-ring (bicyclic) bond motifs is 1. The lowest BCUT2D eigenvalue weighted by Gasteiger charge is -2.26. The van der Waals surface area contributed by atoms with Crippen LogP contribution in [0.5, 0.6) is 11.5 Å². The van der Waals surface area contributed by atoms with E-state index in [-0.39, 0.29) is 17.9 Å². The van der Waals surface area contributed by atoms with Crippen LogP contribution in [0.3, 0.4) is 0 Å². The Labute approximate surface area is 133 Å². The fourth-order valence-electron chi connectivity index (χ4n) is 2.81. The number of carbonyl (C=O) groups excluding carboxylic acids is 1. The van der Waals surface area contributed by atoms with Crippen molar-refractivity contribution in [1.82, 2.24) is 15.1 Å². The summed E-state index contributed by atoms with van der Waals surface area (Å²) in [4.78, 5) is 25.9. The van der Waals surface area contributed by atoms with Crippen molar-refractivity contribution >= 4 is 5.91 Å². The number of hydrogen-bond acceptors (Lipinski definition) is 4. The zero-order valence-corrected chi connectivity index (χ0v) is 13.1. The summed E-state index contributed by atoms with van der Waals surface area (Å²) in [6.45, 7) is 0.952. The zero-order chi connectivity index (χ0) is 16.4. The molecule has 0 aliphatic carbocycles. The number of carbonyl (C=O) groups is 1. The Morgan fingerprint density at radius 3 is 2.74 bits per heavy atom. The van der Waals surface area contributed by atoms with Gasteiger partial charge in [0.05, 0.1) is 32.7 Å². The summed E-state index contributed by atoms with van der Waals surface area (Å²) in [7, 11) is 3.14. The van der Waals surface area contributed by atoms with E-state index in [0.717, 1.165) is 11.3 Å². The largest absolute Gasteiger partial charge is 0.493 e. The van der Waals surface area contributed by atoms with E-state index in [1.54, 1.807) is 31.3 Å². The highest BCUT2D eigenvalue weighted by Gasteiger charge is 2.24. The number of rotatable bonds is 4. The van der Waals surface area contributed by atoms with E-state index in [2.05, 4.69) is 10.2 Å². The lowest BCUT2D eigenvalue weighted by molar-refractivity contribution is -0.131. The van der Waals surface area contributed by atoms with Crippen LogP contribution in [-0.4, -0.2) is 41.8 Å². The summed E-state index contributed by atoms with van der Waals surface area (Å²) in [5, 5.41) is 5.42. The molecule has 0 bridgehead atoms. The monoisotopic (exact) mass is 317 g/mol. The van der Waals surface area contributed by atoms with Crippen LogP contribution >= 0.6 is 0 Å². The number of methoxy groups -OCH3 is 2. The van der Waals surface area contributed by atoms with Gasteiger partial charge in [0.2, 0.25) is 5.91 Å². The average Bonchev–Trinajstić information content (AvgIpc) is 2.95. The first-order chi connectivity index (χ1) is 11.1. The molecule has 3 rings (SSSR count). The average molecular weight is 317 g/mol. The smallest absolute Gasteiger partial charge is 0.269 e. The maximum atomic E-state index is 12.5. The number of amides is 1. The Kier molecular flexibility index (Phi) is 4.10. The summed E-state index contributed by atoms with van der Waals surface area (Å²) in [5.41, 5.74) is 2.24. The molecular weight excluding hydrogens is 298 g/mol. The Balaban J connectivity index is 1.73. The minimum atomic E-state index is -0.149. The molecule has 1 aliphatic heterocycles. The number of hydrogen-bond donors (Lipinski definition) is 2. The van der Waals surface area contributed by atoms with Crippen LogP contribution < -0.4 is 15.0 Å². The molecule has 122 valence electrons. The number of nitrogens with zero attached hydrogens (tertiary/aromatic N) is 1. The van der Waals surface area contributed by atoms with Gasteiger partial charge in [0, 0.05) is 18.7 Å². The Bertz CT molecular complexity index is 778. The first-order valence-corrected chi connectivity index (χ1v) is 7.39. The van der Waals surface area contributed by atoms with E-state index in [1.807, 2.05) is 6.07 Å². The fourth-order valence-corrected chi connectivity index (χ4v) is 2.81. The fraction of sp³-hybridized carbons (Fsp3) is 0.375. The van der Waals surface area contributed by atoms with Crippen LogP contribution in [0.15, 0.2) is 23.0 Å². The zero-order valence-electron chi connectivity index (χ0n) is 13.1. The molecule has 0 saturated carbocycles. The van der Waals surface area contributed by atoms with E-state index in [4.69, 9.17) is 9.47 Å². The van der Waals surface area contributed by atoms with Crippen LogP contribution in [0.1, 0.15) is 16.8 Å². The molecule has 1 aliphatic rings. The van der Waals surface area contributed by atoms with E-state index < -0.39 is 0 Å². The summed E-state index contributed by atoms with van der Waals surface area (Å²) in [6.07, 6.45) is 0.920. The lowest BCUT2D eigenvalue weighted by atomic mass is 10.1. The molecule has 2 heterocycles. The highest BCUT2D eigenvalue weighted by molar-refractivity contribution is 5.79. The highest BCUT2D eigenvalue weighted by Crippen LogP contribution is 2.28. The molecule has 7 nitrogen and oxygen atoms in total. The van der Waals surface area contributed by atoms with Crippen molar-refractivity contribution in [3.05, 3.63) is 45.4 Å². The predicted octanol–water partition coefficient (Wildman–Crippen LogP) is 0.848. The first-order valence-electron chi connectivity index (χ1n) is 7.39. The third-order valence-corrected chi connectivity index (χ3v) is 4.10. The molecule has 2 aromatic rings. The molecule has 0 fully saturated rings.